The molecule has 1 heterocycles. The molecule has 27 heavy (non-hydrogen) atoms. The first-order valence-corrected chi connectivity index (χ1v) is 10.6. The summed E-state index contributed by atoms with van der Waals surface area (Å²) in [5, 5.41) is 5.87. The zero-order valence-electron chi connectivity index (χ0n) is 16.3. The van der Waals surface area contributed by atoms with Gasteiger partial charge in [-0.15, -0.1) is 0 Å². The van der Waals surface area contributed by atoms with Crippen LogP contribution in [0.2, 0.25) is 0 Å². The lowest BCUT2D eigenvalue weighted by molar-refractivity contribution is -0.132. The SMILES string of the molecule is O=C(NCCC(=O)N1CCC(Cc2ccccc2)CC1)NC1CCCCC1. The summed E-state index contributed by atoms with van der Waals surface area (Å²) in [6, 6.07) is 10.8. The predicted molar refractivity (Wildman–Crippen MR) is 107 cm³/mol. The van der Waals surface area contributed by atoms with E-state index in [1.807, 2.05) is 11.0 Å². The van der Waals surface area contributed by atoms with Gasteiger partial charge in [-0.25, -0.2) is 4.79 Å². The molecule has 3 amide bonds. The van der Waals surface area contributed by atoms with Gasteiger partial charge in [0, 0.05) is 32.1 Å². The molecule has 0 aromatic heterocycles. The first kappa shape index (κ1) is 19.7. The van der Waals surface area contributed by atoms with Gasteiger partial charge >= 0.3 is 6.03 Å². The number of hydrogen-bond donors (Lipinski definition) is 2. The number of benzene rings is 1. The Morgan fingerprint density at radius 3 is 2.37 bits per heavy atom. The molecule has 5 heteroatoms. The predicted octanol–water partition coefficient (Wildman–Crippen LogP) is 3.49. The minimum Gasteiger partial charge on any atom is -0.343 e. The van der Waals surface area contributed by atoms with Crippen LogP contribution in [0.5, 0.6) is 0 Å². The van der Waals surface area contributed by atoms with Gasteiger partial charge in [-0.3, -0.25) is 4.79 Å². The highest BCUT2D eigenvalue weighted by atomic mass is 16.2. The Morgan fingerprint density at radius 2 is 1.67 bits per heavy atom. The fourth-order valence-corrected chi connectivity index (χ4v) is 4.26. The van der Waals surface area contributed by atoms with Crippen LogP contribution in [0.1, 0.15) is 56.9 Å². The molecule has 2 N–H and O–H groups in total. The highest BCUT2D eigenvalue weighted by molar-refractivity contribution is 5.78. The van der Waals surface area contributed by atoms with E-state index in [0.29, 0.717) is 24.9 Å². The van der Waals surface area contributed by atoms with Gasteiger partial charge in [0.15, 0.2) is 0 Å². The first-order chi connectivity index (χ1) is 13.2. The van der Waals surface area contributed by atoms with E-state index in [-0.39, 0.29) is 11.9 Å². The molecule has 1 saturated heterocycles. The van der Waals surface area contributed by atoms with Crippen molar-refractivity contribution in [3.05, 3.63) is 35.9 Å². The molecule has 1 aliphatic heterocycles. The fraction of sp³-hybridized carbons (Fsp3) is 0.636. The molecule has 0 atom stereocenters. The van der Waals surface area contributed by atoms with Crippen LogP contribution in [0.15, 0.2) is 30.3 Å². The number of likely N-dealkylation sites (tertiary alicyclic amines) is 1. The lowest BCUT2D eigenvalue weighted by Crippen LogP contribution is -2.44. The number of carbonyl (C=O) groups excluding carboxylic acids is 2. The minimum atomic E-state index is -0.128. The van der Waals surface area contributed by atoms with Gasteiger partial charge in [0.2, 0.25) is 5.91 Å². The molecule has 148 valence electrons. The zero-order chi connectivity index (χ0) is 18.9. The fourth-order valence-electron chi connectivity index (χ4n) is 4.26. The molecule has 2 aliphatic rings. The topological polar surface area (TPSA) is 61.4 Å². The lowest BCUT2D eigenvalue weighted by Gasteiger charge is -2.32. The number of piperidine rings is 1. The number of carbonyl (C=O) groups is 2. The van der Waals surface area contributed by atoms with Crippen LogP contribution >= 0.6 is 0 Å². The average molecular weight is 372 g/mol. The van der Waals surface area contributed by atoms with Gasteiger partial charge in [-0.1, -0.05) is 49.6 Å². The first-order valence-electron chi connectivity index (χ1n) is 10.6. The van der Waals surface area contributed by atoms with E-state index in [1.54, 1.807) is 0 Å². The van der Waals surface area contributed by atoms with Gasteiger partial charge in [0.25, 0.3) is 0 Å². The summed E-state index contributed by atoms with van der Waals surface area (Å²) in [7, 11) is 0. The van der Waals surface area contributed by atoms with Crippen LogP contribution in [0.3, 0.4) is 0 Å². The number of amides is 3. The maximum absolute atomic E-state index is 12.4. The lowest BCUT2D eigenvalue weighted by atomic mass is 9.90. The molecule has 5 nitrogen and oxygen atoms in total. The summed E-state index contributed by atoms with van der Waals surface area (Å²) in [5.74, 6) is 0.821. The molecule has 3 rings (SSSR count). The smallest absolute Gasteiger partial charge is 0.315 e. The second-order valence-electron chi connectivity index (χ2n) is 8.00. The van der Waals surface area contributed by atoms with E-state index in [1.165, 1.54) is 24.8 Å². The third-order valence-corrected chi connectivity index (χ3v) is 5.90. The standard InChI is InChI=1S/C22H33N3O2/c26-21(11-14-23-22(27)24-20-9-5-2-6-10-20)25-15-12-19(13-16-25)17-18-7-3-1-4-8-18/h1,3-4,7-8,19-20H,2,5-6,9-17H2,(H2,23,24,27). The third kappa shape index (κ3) is 6.56. The summed E-state index contributed by atoms with van der Waals surface area (Å²) in [6.45, 7) is 2.09. The van der Waals surface area contributed by atoms with E-state index in [2.05, 4.69) is 34.9 Å². The van der Waals surface area contributed by atoms with E-state index in [4.69, 9.17) is 0 Å². The number of urea groups is 1. The molecule has 2 fully saturated rings. The quantitative estimate of drug-likeness (QED) is 0.804. The van der Waals surface area contributed by atoms with Crippen molar-refractivity contribution in [2.75, 3.05) is 19.6 Å². The van der Waals surface area contributed by atoms with Gasteiger partial charge in [-0.2, -0.15) is 0 Å². The molecule has 1 aromatic carbocycles. The summed E-state index contributed by atoms with van der Waals surface area (Å²) < 4.78 is 0. The van der Waals surface area contributed by atoms with Crippen molar-refractivity contribution in [2.45, 2.75) is 63.8 Å². The second kappa shape index (κ2) is 10.3. The van der Waals surface area contributed by atoms with Gasteiger partial charge in [0.05, 0.1) is 0 Å². The molecule has 0 radical (unpaired) electrons. The van der Waals surface area contributed by atoms with Crippen LogP contribution in [0.25, 0.3) is 0 Å². The molecule has 1 aliphatic carbocycles. The van der Waals surface area contributed by atoms with E-state index < -0.39 is 0 Å². The monoisotopic (exact) mass is 371 g/mol. The van der Waals surface area contributed by atoms with Crippen LogP contribution in [-0.4, -0.2) is 42.5 Å². The molecule has 1 aromatic rings. The highest BCUT2D eigenvalue weighted by Gasteiger charge is 2.23. The maximum atomic E-state index is 12.4. The molecule has 0 bridgehead atoms. The Hall–Kier alpha value is -2.04. The van der Waals surface area contributed by atoms with Gasteiger partial charge < -0.3 is 15.5 Å². The Bertz CT molecular complexity index is 591. The molecule has 1 saturated carbocycles. The van der Waals surface area contributed by atoms with Gasteiger partial charge in [-0.05, 0) is 43.6 Å². The Kier molecular flexibility index (Phi) is 7.55. The molecular weight excluding hydrogens is 338 g/mol. The van der Waals surface area contributed by atoms with Gasteiger partial charge in [0.1, 0.15) is 0 Å². The Labute approximate surface area is 162 Å². The summed E-state index contributed by atoms with van der Waals surface area (Å²) in [5.41, 5.74) is 1.38. The molecule has 0 unspecified atom stereocenters. The summed E-state index contributed by atoms with van der Waals surface area (Å²) in [4.78, 5) is 26.3. The number of nitrogens with one attached hydrogen (secondary N) is 2. The van der Waals surface area contributed by atoms with Crippen molar-refractivity contribution in [3.8, 4) is 0 Å². The van der Waals surface area contributed by atoms with Crippen LogP contribution in [-0.2, 0) is 11.2 Å². The van der Waals surface area contributed by atoms with Crippen LogP contribution in [0, 0.1) is 5.92 Å². The third-order valence-electron chi connectivity index (χ3n) is 5.90. The van der Waals surface area contributed by atoms with Crippen molar-refractivity contribution in [1.82, 2.24) is 15.5 Å². The average Bonchev–Trinajstić information content (AvgIpc) is 2.70. The van der Waals surface area contributed by atoms with Crippen LogP contribution in [0.4, 0.5) is 4.79 Å². The number of hydrogen-bond acceptors (Lipinski definition) is 2. The number of rotatable bonds is 6. The van der Waals surface area contributed by atoms with Crippen molar-refractivity contribution in [2.24, 2.45) is 5.92 Å². The van der Waals surface area contributed by atoms with E-state index >= 15 is 0 Å². The van der Waals surface area contributed by atoms with Crippen molar-refractivity contribution in [3.63, 3.8) is 0 Å². The second-order valence-corrected chi connectivity index (χ2v) is 8.00. The normalized spacial score (nSPS) is 18.9. The summed E-state index contributed by atoms with van der Waals surface area (Å²) >= 11 is 0. The van der Waals surface area contributed by atoms with E-state index in [9.17, 15) is 9.59 Å². The van der Waals surface area contributed by atoms with E-state index in [0.717, 1.165) is 45.2 Å². The van der Waals surface area contributed by atoms with Crippen molar-refractivity contribution >= 4 is 11.9 Å². The van der Waals surface area contributed by atoms with Crippen molar-refractivity contribution < 1.29 is 9.59 Å². The maximum Gasteiger partial charge on any atom is 0.315 e. The molecule has 0 spiro atoms. The molecular formula is C22H33N3O2. The Morgan fingerprint density at radius 1 is 0.963 bits per heavy atom. The Balaban J connectivity index is 1.29. The highest BCUT2D eigenvalue weighted by Crippen LogP contribution is 2.22. The largest absolute Gasteiger partial charge is 0.343 e. The van der Waals surface area contributed by atoms with Crippen LogP contribution < -0.4 is 10.6 Å². The minimum absolute atomic E-state index is 0.128. The summed E-state index contributed by atoms with van der Waals surface area (Å²) in [6.07, 6.45) is 9.44. The van der Waals surface area contributed by atoms with Crippen molar-refractivity contribution in [1.29, 1.82) is 0 Å². The number of nitrogens with zero attached hydrogens (tertiary/aromatic N) is 1. The zero-order valence-corrected chi connectivity index (χ0v) is 16.3.